The number of hydrogen-bond acceptors (Lipinski definition) is 3. The Kier molecular flexibility index (Phi) is 4.77. The topological polar surface area (TPSA) is 50.9 Å². The van der Waals surface area contributed by atoms with E-state index in [1.807, 2.05) is 44.3 Å². The minimum atomic E-state index is 0.756. The second kappa shape index (κ2) is 6.75. The summed E-state index contributed by atoms with van der Waals surface area (Å²) in [5.41, 5.74) is 7.70. The van der Waals surface area contributed by atoms with Crippen molar-refractivity contribution in [2.24, 2.45) is 0 Å². The maximum atomic E-state index is 5.84. The van der Waals surface area contributed by atoms with E-state index in [1.165, 1.54) is 0 Å². The van der Waals surface area contributed by atoms with Gasteiger partial charge in [0.15, 0.2) is 0 Å². The zero-order valence-electron chi connectivity index (χ0n) is 12.1. The van der Waals surface area contributed by atoms with Crippen molar-refractivity contribution < 1.29 is 0 Å². The van der Waals surface area contributed by atoms with Crippen LogP contribution in [0.25, 0.3) is 10.8 Å². The Hall–Kier alpha value is -2.29. The highest BCUT2D eigenvalue weighted by molar-refractivity contribution is 5.94. The second-order valence-corrected chi connectivity index (χ2v) is 4.40. The minimum Gasteiger partial charge on any atom is -0.399 e. The van der Waals surface area contributed by atoms with Gasteiger partial charge >= 0.3 is 0 Å². The lowest BCUT2D eigenvalue weighted by Gasteiger charge is -2.12. The molecular formula is C17H21N3. The van der Waals surface area contributed by atoms with E-state index in [1.54, 1.807) is 0 Å². The van der Waals surface area contributed by atoms with Crippen molar-refractivity contribution in [1.82, 2.24) is 4.98 Å². The Morgan fingerprint density at radius 3 is 2.75 bits per heavy atom. The Bertz CT molecular complexity index is 642. The number of rotatable bonds is 2. The first-order valence-electron chi connectivity index (χ1n) is 7.11. The number of nitrogen functional groups attached to an aromatic ring is 1. The van der Waals surface area contributed by atoms with Gasteiger partial charge in [-0.15, -0.1) is 0 Å². The van der Waals surface area contributed by atoms with E-state index in [-0.39, 0.29) is 0 Å². The molecule has 1 heterocycles. The fourth-order valence-corrected chi connectivity index (χ4v) is 2.13. The smallest absolute Gasteiger partial charge is 0.138 e. The summed E-state index contributed by atoms with van der Waals surface area (Å²) in [5, 5.41) is 5.55. The molecule has 1 aromatic heterocycles. The molecule has 3 N–H and O–H groups in total. The highest BCUT2D eigenvalue weighted by atomic mass is 15.0. The van der Waals surface area contributed by atoms with Crippen molar-refractivity contribution in [2.45, 2.75) is 26.7 Å². The van der Waals surface area contributed by atoms with Crippen molar-refractivity contribution in [2.75, 3.05) is 11.1 Å². The molecule has 0 radical (unpaired) electrons. The van der Waals surface area contributed by atoms with Gasteiger partial charge in [0.1, 0.15) is 5.82 Å². The highest BCUT2D eigenvalue weighted by Gasteiger charge is 2.04. The van der Waals surface area contributed by atoms with Crippen molar-refractivity contribution >= 4 is 22.3 Å². The average molecular weight is 267 g/mol. The predicted molar refractivity (Wildman–Crippen MR) is 87.6 cm³/mol. The zero-order chi connectivity index (χ0) is 14.4. The minimum absolute atomic E-state index is 0.756. The molecule has 0 unspecified atom stereocenters. The molecule has 1 aliphatic carbocycles. The lowest BCUT2D eigenvalue weighted by atomic mass is 10.1. The fraction of sp³-hybridized carbons (Fsp3) is 0.235. The van der Waals surface area contributed by atoms with Gasteiger partial charge in [0.25, 0.3) is 0 Å². The van der Waals surface area contributed by atoms with Crippen LogP contribution in [0.1, 0.15) is 26.7 Å². The molecule has 0 fully saturated rings. The van der Waals surface area contributed by atoms with E-state index < -0.39 is 0 Å². The van der Waals surface area contributed by atoms with Gasteiger partial charge in [-0.3, -0.25) is 0 Å². The fourth-order valence-electron chi connectivity index (χ4n) is 2.13. The Balaban J connectivity index is 0.000000704. The number of nitrogens with one attached hydrogen (secondary N) is 1. The zero-order valence-corrected chi connectivity index (χ0v) is 12.1. The van der Waals surface area contributed by atoms with Crippen molar-refractivity contribution in [1.29, 1.82) is 0 Å². The van der Waals surface area contributed by atoms with Crippen LogP contribution in [0.4, 0.5) is 11.5 Å². The van der Waals surface area contributed by atoms with Crippen LogP contribution in [0.5, 0.6) is 0 Å². The summed E-state index contributed by atoms with van der Waals surface area (Å²) in [6.07, 6.45) is 10.5. The lowest BCUT2D eigenvalue weighted by molar-refractivity contribution is 1.02. The number of aromatic nitrogens is 1. The van der Waals surface area contributed by atoms with Gasteiger partial charge in [-0.05, 0) is 42.5 Å². The molecule has 0 saturated heterocycles. The number of fused-ring (bicyclic) bond motifs is 1. The van der Waals surface area contributed by atoms with Gasteiger partial charge in [-0.1, -0.05) is 32.1 Å². The van der Waals surface area contributed by atoms with E-state index in [4.69, 9.17) is 5.73 Å². The molecule has 0 aliphatic heterocycles. The maximum absolute atomic E-state index is 5.84. The summed E-state index contributed by atoms with van der Waals surface area (Å²) in [4.78, 5) is 4.40. The Morgan fingerprint density at radius 2 is 2.00 bits per heavy atom. The van der Waals surface area contributed by atoms with Gasteiger partial charge in [0.2, 0.25) is 0 Å². The quantitative estimate of drug-likeness (QED) is 0.788. The van der Waals surface area contributed by atoms with Crippen LogP contribution < -0.4 is 11.1 Å². The molecule has 20 heavy (non-hydrogen) atoms. The third-order valence-corrected chi connectivity index (χ3v) is 3.05. The number of benzene rings is 1. The van der Waals surface area contributed by atoms with Crippen molar-refractivity contribution in [3.63, 3.8) is 0 Å². The lowest BCUT2D eigenvalue weighted by Crippen LogP contribution is -2.01. The summed E-state index contributed by atoms with van der Waals surface area (Å²) in [6, 6.07) is 7.87. The summed E-state index contributed by atoms with van der Waals surface area (Å²) >= 11 is 0. The van der Waals surface area contributed by atoms with Gasteiger partial charge in [-0.2, -0.15) is 0 Å². The van der Waals surface area contributed by atoms with Crippen LogP contribution in [-0.4, -0.2) is 4.98 Å². The molecule has 0 amide bonds. The molecule has 1 aromatic carbocycles. The third-order valence-electron chi connectivity index (χ3n) is 3.05. The number of pyridine rings is 1. The molecular weight excluding hydrogens is 246 g/mol. The molecule has 2 aromatic rings. The van der Waals surface area contributed by atoms with Crippen LogP contribution in [0.15, 0.2) is 54.4 Å². The van der Waals surface area contributed by atoms with Crippen LogP contribution in [0, 0.1) is 0 Å². The van der Waals surface area contributed by atoms with E-state index >= 15 is 0 Å². The van der Waals surface area contributed by atoms with Gasteiger partial charge < -0.3 is 11.1 Å². The summed E-state index contributed by atoms with van der Waals surface area (Å²) < 4.78 is 0. The Labute approximate surface area is 120 Å². The predicted octanol–water partition coefficient (Wildman–Crippen LogP) is 4.49. The van der Waals surface area contributed by atoms with Crippen LogP contribution >= 0.6 is 0 Å². The molecule has 0 saturated carbocycles. The van der Waals surface area contributed by atoms with Gasteiger partial charge in [-0.25, -0.2) is 4.98 Å². The molecule has 1 aliphatic rings. The van der Waals surface area contributed by atoms with Crippen LogP contribution in [-0.2, 0) is 0 Å². The van der Waals surface area contributed by atoms with Gasteiger partial charge in [0, 0.05) is 23.0 Å². The third kappa shape index (κ3) is 3.18. The maximum Gasteiger partial charge on any atom is 0.138 e. The number of nitrogens with two attached hydrogens (primary N) is 1. The van der Waals surface area contributed by atoms with Crippen molar-refractivity contribution in [3.8, 4) is 0 Å². The number of anilines is 2. The second-order valence-electron chi connectivity index (χ2n) is 4.40. The standard InChI is InChI=1S/C15H15N3.C2H6/c16-12-7-6-11-8-9-17-15(14(11)10-12)18-13-4-2-1-3-5-13;1-2/h2,4-10H,1,3,16H2,(H,17,18);1-2H3. The molecule has 0 atom stereocenters. The first kappa shape index (κ1) is 14.1. The Morgan fingerprint density at radius 1 is 1.15 bits per heavy atom. The van der Waals surface area contributed by atoms with Crippen molar-refractivity contribution in [3.05, 3.63) is 54.4 Å². The first-order chi connectivity index (χ1) is 9.83. The molecule has 0 bridgehead atoms. The first-order valence-corrected chi connectivity index (χ1v) is 7.11. The number of nitrogens with zero attached hydrogens (tertiary/aromatic N) is 1. The average Bonchev–Trinajstić information content (AvgIpc) is 2.51. The largest absolute Gasteiger partial charge is 0.399 e. The summed E-state index contributed by atoms with van der Waals surface area (Å²) in [7, 11) is 0. The molecule has 3 heteroatoms. The normalized spacial score (nSPS) is 13.4. The van der Waals surface area contributed by atoms with E-state index in [0.29, 0.717) is 0 Å². The monoisotopic (exact) mass is 267 g/mol. The van der Waals surface area contributed by atoms with Crippen LogP contribution in [0.2, 0.25) is 0 Å². The number of allylic oxidation sites excluding steroid dienone is 3. The highest BCUT2D eigenvalue weighted by Crippen LogP contribution is 2.25. The SMILES string of the molecule is CC.Nc1ccc2ccnc(NC3=CCCC=C3)c2c1. The molecule has 3 rings (SSSR count). The molecule has 0 spiro atoms. The summed E-state index contributed by atoms with van der Waals surface area (Å²) in [6.45, 7) is 4.00. The molecule has 3 nitrogen and oxygen atoms in total. The van der Waals surface area contributed by atoms with Crippen LogP contribution in [0.3, 0.4) is 0 Å². The molecule has 104 valence electrons. The van der Waals surface area contributed by atoms with Gasteiger partial charge in [0.05, 0.1) is 0 Å². The van der Waals surface area contributed by atoms with E-state index in [9.17, 15) is 0 Å². The summed E-state index contributed by atoms with van der Waals surface area (Å²) in [5.74, 6) is 0.859. The van der Waals surface area contributed by atoms with E-state index in [2.05, 4.69) is 28.5 Å². The van der Waals surface area contributed by atoms with E-state index in [0.717, 1.165) is 40.8 Å². The number of hydrogen-bond donors (Lipinski definition) is 2.